The molecule has 0 aliphatic carbocycles. The number of rotatable bonds is 1. The molecule has 1 heterocycles. The van der Waals surface area contributed by atoms with Crippen molar-refractivity contribution in [2.24, 2.45) is 4.99 Å². The van der Waals surface area contributed by atoms with E-state index in [-0.39, 0.29) is 11.5 Å². The molecule has 0 fully saturated rings. The van der Waals surface area contributed by atoms with Crippen LogP contribution in [0.1, 0.15) is 11.1 Å². The minimum Gasteiger partial charge on any atom is -0.475 e. The van der Waals surface area contributed by atoms with Crippen LogP contribution >= 0.6 is 15.9 Å². The summed E-state index contributed by atoms with van der Waals surface area (Å²) in [5, 5.41) is 0. The van der Waals surface area contributed by atoms with Gasteiger partial charge in [0.25, 0.3) is 0 Å². The van der Waals surface area contributed by atoms with Crippen molar-refractivity contribution < 1.29 is 17.9 Å². The molecule has 6 heteroatoms. The van der Waals surface area contributed by atoms with E-state index in [2.05, 4.69) is 20.9 Å². The molecule has 0 amide bonds. The zero-order chi connectivity index (χ0) is 11.8. The molecule has 86 valence electrons. The minimum absolute atomic E-state index is 0.0145. The van der Waals surface area contributed by atoms with Gasteiger partial charge in [-0.05, 0) is 18.2 Å². The highest BCUT2D eigenvalue weighted by molar-refractivity contribution is 9.10. The maximum atomic E-state index is 12.7. The fraction of sp³-hybridized carbons (Fsp3) is 0.300. The fourth-order valence-electron chi connectivity index (χ4n) is 1.44. The molecule has 0 aromatic heterocycles. The quantitative estimate of drug-likeness (QED) is 0.779. The van der Waals surface area contributed by atoms with Gasteiger partial charge in [0.2, 0.25) is 5.90 Å². The Morgan fingerprint density at radius 3 is 2.62 bits per heavy atom. The van der Waals surface area contributed by atoms with Crippen LogP contribution in [0.15, 0.2) is 27.7 Å². The van der Waals surface area contributed by atoms with Crippen molar-refractivity contribution in [3.8, 4) is 0 Å². The molecule has 0 saturated heterocycles. The topological polar surface area (TPSA) is 21.6 Å². The minimum atomic E-state index is -4.40. The Labute approximate surface area is 98.3 Å². The zero-order valence-corrected chi connectivity index (χ0v) is 9.60. The number of hydrogen-bond donors (Lipinski definition) is 0. The molecule has 0 saturated carbocycles. The van der Waals surface area contributed by atoms with E-state index >= 15 is 0 Å². The first-order valence-electron chi connectivity index (χ1n) is 4.53. The molecule has 1 aromatic rings. The summed E-state index contributed by atoms with van der Waals surface area (Å²) in [5.41, 5.74) is -0.740. The van der Waals surface area contributed by atoms with Crippen LogP contribution in [0, 0.1) is 0 Å². The van der Waals surface area contributed by atoms with E-state index in [4.69, 9.17) is 4.74 Å². The smallest absolute Gasteiger partial charge is 0.417 e. The van der Waals surface area contributed by atoms with E-state index in [0.29, 0.717) is 17.6 Å². The Bertz CT molecular complexity index is 442. The van der Waals surface area contributed by atoms with Gasteiger partial charge in [0.15, 0.2) is 0 Å². The van der Waals surface area contributed by atoms with E-state index in [1.54, 1.807) is 0 Å². The van der Waals surface area contributed by atoms with E-state index in [9.17, 15) is 13.2 Å². The molecule has 0 atom stereocenters. The van der Waals surface area contributed by atoms with Gasteiger partial charge in [-0.15, -0.1) is 0 Å². The lowest BCUT2D eigenvalue weighted by Crippen LogP contribution is -2.13. The number of aliphatic imine (C=N–C) groups is 1. The van der Waals surface area contributed by atoms with Crippen LogP contribution in [-0.4, -0.2) is 19.0 Å². The summed E-state index contributed by atoms with van der Waals surface area (Å²) in [5.74, 6) is 0.0635. The molecule has 2 nitrogen and oxygen atoms in total. The van der Waals surface area contributed by atoms with E-state index < -0.39 is 11.7 Å². The van der Waals surface area contributed by atoms with Crippen LogP contribution in [0.4, 0.5) is 13.2 Å². The zero-order valence-electron chi connectivity index (χ0n) is 8.01. The SMILES string of the molecule is FC(F)(F)c1ccc(Br)cc1C1=NCCO1. The first-order chi connectivity index (χ1) is 7.48. The monoisotopic (exact) mass is 293 g/mol. The number of hydrogen-bond acceptors (Lipinski definition) is 2. The summed E-state index contributed by atoms with van der Waals surface area (Å²) in [7, 11) is 0. The molecule has 0 unspecified atom stereocenters. The lowest BCUT2D eigenvalue weighted by Gasteiger charge is -2.12. The van der Waals surface area contributed by atoms with Crippen molar-refractivity contribution in [3.63, 3.8) is 0 Å². The first kappa shape index (κ1) is 11.4. The maximum absolute atomic E-state index is 12.7. The van der Waals surface area contributed by atoms with Gasteiger partial charge in [-0.1, -0.05) is 15.9 Å². The average molecular weight is 294 g/mol. The lowest BCUT2D eigenvalue weighted by molar-refractivity contribution is -0.137. The molecular formula is C10H7BrF3NO. The maximum Gasteiger partial charge on any atom is 0.417 e. The second kappa shape index (κ2) is 4.08. The molecule has 1 aliphatic heterocycles. The molecular weight excluding hydrogens is 287 g/mol. The predicted octanol–water partition coefficient (Wildman–Crippen LogP) is 3.24. The van der Waals surface area contributed by atoms with Crippen molar-refractivity contribution in [1.82, 2.24) is 0 Å². The molecule has 2 rings (SSSR count). The number of benzene rings is 1. The Balaban J connectivity index is 2.53. The summed E-state index contributed by atoms with van der Waals surface area (Å²) >= 11 is 3.13. The Hall–Kier alpha value is -1.04. The third-order valence-electron chi connectivity index (χ3n) is 2.10. The fourth-order valence-corrected chi connectivity index (χ4v) is 1.80. The Kier molecular flexibility index (Phi) is 2.92. The number of ether oxygens (including phenoxy) is 1. The van der Waals surface area contributed by atoms with Crippen molar-refractivity contribution >= 4 is 21.8 Å². The third-order valence-corrected chi connectivity index (χ3v) is 2.60. The van der Waals surface area contributed by atoms with Gasteiger partial charge in [0.05, 0.1) is 12.1 Å². The van der Waals surface area contributed by atoms with E-state index in [0.717, 1.165) is 6.07 Å². The van der Waals surface area contributed by atoms with Crippen LogP contribution in [0.3, 0.4) is 0 Å². The van der Waals surface area contributed by atoms with Gasteiger partial charge in [0, 0.05) is 10.0 Å². The summed E-state index contributed by atoms with van der Waals surface area (Å²) in [6, 6.07) is 3.73. The van der Waals surface area contributed by atoms with Crippen LogP contribution in [-0.2, 0) is 10.9 Å². The third kappa shape index (κ3) is 2.21. The van der Waals surface area contributed by atoms with Gasteiger partial charge < -0.3 is 4.74 Å². The largest absolute Gasteiger partial charge is 0.475 e. The van der Waals surface area contributed by atoms with Crippen LogP contribution in [0.2, 0.25) is 0 Å². The summed E-state index contributed by atoms with van der Waals surface area (Å²) in [6.07, 6.45) is -4.40. The molecule has 0 radical (unpaired) electrons. The molecule has 0 N–H and O–H groups in total. The molecule has 1 aromatic carbocycles. The highest BCUT2D eigenvalue weighted by Gasteiger charge is 2.35. The Morgan fingerprint density at radius 2 is 2.06 bits per heavy atom. The highest BCUT2D eigenvalue weighted by atomic mass is 79.9. The normalized spacial score (nSPS) is 15.9. The van der Waals surface area contributed by atoms with Gasteiger partial charge in [-0.25, -0.2) is 4.99 Å². The predicted molar refractivity (Wildman–Crippen MR) is 56.5 cm³/mol. The first-order valence-corrected chi connectivity index (χ1v) is 5.32. The summed E-state index contributed by atoms with van der Waals surface area (Å²) < 4.78 is 43.7. The van der Waals surface area contributed by atoms with Crippen molar-refractivity contribution in [2.75, 3.05) is 13.2 Å². The van der Waals surface area contributed by atoms with E-state index in [1.807, 2.05) is 0 Å². The van der Waals surface area contributed by atoms with Crippen molar-refractivity contribution in [3.05, 3.63) is 33.8 Å². The molecule has 0 spiro atoms. The summed E-state index contributed by atoms with van der Waals surface area (Å²) in [4.78, 5) is 3.89. The average Bonchev–Trinajstić information content (AvgIpc) is 2.68. The summed E-state index contributed by atoms with van der Waals surface area (Å²) in [6.45, 7) is 0.734. The second-order valence-corrected chi connectivity index (χ2v) is 4.14. The van der Waals surface area contributed by atoms with Crippen LogP contribution in [0.5, 0.6) is 0 Å². The lowest BCUT2D eigenvalue weighted by atomic mass is 10.1. The Morgan fingerprint density at radius 1 is 1.31 bits per heavy atom. The van der Waals surface area contributed by atoms with Gasteiger partial charge in [0.1, 0.15) is 6.61 Å². The van der Waals surface area contributed by atoms with E-state index in [1.165, 1.54) is 12.1 Å². The molecule has 1 aliphatic rings. The van der Waals surface area contributed by atoms with Crippen LogP contribution < -0.4 is 0 Å². The van der Waals surface area contributed by atoms with Gasteiger partial charge in [-0.3, -0.25) is 0 Å². The number of halogens is 4. The van der Waals surface area contributed by atoms with Crippen molar-refractivity contribution in [1.29, 1.82) is 0 Å². The second-order valence-electron chi connectivity index (χ2n) is 3.22. The van der Waals surface area contributed by atoms with Crippen molar-refractivity contribution in [2.45, 2.75) is 6.18 Å². The number of alkyl halides is 3. The van der Waals surface area contributed by atoms with Gasteiger partial charge in [-0.2, -0.15) is 13.2 Å². The number of nitrogens with zero attached hydrogens (tertiary/aromatic N) is 1. The highest BCUT2D eigenvalue weighted by Crippen LogP contribution is 2.34. The van der Waals surface area contributed by atoms with Gasteiger partial charge >= 0.3 is 6.18 Å². The molecule has 0 bridgehead atoms. The molecule has 16 heavy (non-hydrogen) atoms. The van der Waals surface area contributed by atoms with Crippen LogP contribution in [0.25, 0.3) is 0 Å². The standard InChI is InChI=1S/C10H7BrF3NO/c11-6-1-2-8(10(12,13)14)7(5-6)9-15-3-4-16-9/h1-2,5H,3-4H2.